The Labute approximate surface area is 155 Å². The molecule has 0 aromatic carbocycles. The Morgan fingerprint density at radius 3 is 2.77 bits per heavy atom. The van der Waals surface area contributed by atoms with E-state index in [2.05, 4.69) is 43.8 Å². The van der Waals surface area contributed by atoms with Crippen molar-refractivity contribution in [2.24, 2.45) is 5.92 Å². The van der Waals surface area contributed by atoms with Crippen LogP contribution in [-0.2, 0) is 17.7 Å². The van der Waals surface area contributed by atoms with Gasteiger partial charge in [0.2, 0.25) is 5.95 Å². The lowest BCUT2D eigenvalue weighted by molar-refractivity contribution is -0.0242. The lowest BCUT2D eigenvalue weighted by Crippen LogP contribution is -2.46. The molecule has 2 aliphatic rings. The Kier molecular flexibility index (Phi) is 5.41. The largest absolute Gasteiger partial charge is 0.375 e. The molecule has 0 saturated carbocycles. The molecule has 2 aromatic heterocycles. The van der Waals surface area contributed by atoms with Gasteiger partial charge in [-0.1, -0.05) is 13.0 Å². The quantitative estimate of drug-likeness (QED) is 0.840. The minimum atomic E-state index is 0.285. The minimum absolute atomic E-state index is 0.285. The Morgan fingerprint density at radius 1 is 1.12 bits per heavy atom. The van der Waals surface area contributed by atoms with Crippen molar-refractivity contribution in [1.82, 2.24) is 19.9 Å². The highest BCUT2D eigenvalue weighted by atomic mass is 16.5. The fraction of sp³-hybridized carbons (Fsp3) is 0.550. The van der Waals surface area contributed by atoms with Gasteiger partial charge in [-0.3, -0.25) is 9.88 Å². The van der Waals surface area contributed by atoms with Crippen molar-refractivity contribution < 1.29 is 4.74 Å². The van der Waals surface area contributed by atoms with Gasteiger partial charge in [-0.25, -0.2) is 9.97 Å². The van der Waals surface area contributed by atoms with Crippen LogP contribution in [-0.4, -0.2) is 58.7 Å². The van der Waals surface area contributed by atoms with Gasteiger partial charge in [-0.2, -0.15) is 0 Å². The number of hydrogen-bond acceptors (Lipinski definition) is 6. The van der Waals surface area contributed by atoms with Gasteiger partial charge >= 0.3 is 0 Å². The van der Waals surface area contributed by atoms with E-state index in [1.807, 2.05) is 24.7 Å². The SMILES string of the molecule is CCc1cnc(N2CCO[C@@H]3CN(Cc4ccccn4)CC[C@@H]3C2)nc1. The lowest BCUT2D eigenvalue weighted by Gasteiger charge is -2.37. The highest BCUT2D eigenvalue weighted by Crippen LogP contribution is 2.26. The van der Waals surface area contributed by atoms with Crippen LogP contribution in [0.4, 0.5) is 5.95 Å². The van der Waals surface area contributed by atoms with Crippen LogP contribution in [0.5, 0.6) is 0 Å². The molecule has 0 radical (unpaired) electrons. The van der Waals surface area contributed by atoms with Crippen LogP contribution in [0.3, 0.4) is 0 Å². The van der Waals surface area contributed by atoms with Crippen LogP contribution in [0, 0.1) is 5.92 Å². The molecule has 26 heavy (non-hydrogen) atoms. The third-order valence-electron chi connectivity index (χ3n) is 5.42. The molecule has 6 heteroatoms. The molecule has 2 aliphatic heterocycles. The zero-order valence-electron chi connectivity index (χ0n) is 15.4. The van der Waals surface area contributed by atoms with E-state index < -0.39 is 0 Å². The Bertz CT molecular complexity index is 693. The minimum Gasteiger partial charge on any atom is -0.375 e. The Hall–Kier alpha value is -2.05. The lowest BCUT2D eigenvalue weighted by atomic mass is 9.93. The normalized spacial score (nSPS) is 24.1. The number of nitrogens with zero attached hydrogens (tertiary/aromatic N) is 5. The second kappa shape index (κ2) is 8.10. The molecule has 0 bridgehead atoms. The molecule has 0 aliphatic carbocycles. The number of ether oxygens (including phenoxy) is 1. The molecule has 2 fully saturated rings. The fourth-order valence-electron chi connectivity index (χ4n) is 3.86. The monoisotopic (exact) mass is 353 g/mol. The fourth-order valence-corrected chi connectivity index (χ4v) is 3.86. The average Bonchev–Trinajstić information content (AvgIpc) is 2.91. The van der Waals surface area contributed by atoms with Crippen LogP contribution < -0.4 is 4.90 Å². The summed E-state index contributed by atoms with van der Waals surface area (Å²) in [7, 11) is 0. The topological polar surface area (TPSA) is 54.4 Å². The van der Waals surface area contributed by atoms with Crippen molar-refractivity contribution in [2.75, 3.05) is 37.7 Å². The van der Waals surface area contributed by atoms with Gasteiger partial charge in [0.05, 0.1) is 18.4 Å². The van der Waals surface area contributed by atoms with E-state index in [9.17, 15) is 0 Å². The van der Waals surface area contributed by atoms with Crippen molar-refractivity contribution in [2.45, 2.75) is 32.4 Å². The maximum atomic E-state index is 6.21. The average molecular weight is 353 g/mol. The summed E-state index contributed by atoms with van der Waals surface area (Å²) in [4.78, 5) is 18.3. The predicted octanol–water partition coefficient (Wildman–Crippen LogP) is 2.16. The highest BCUT2D eigenvalue weighted by Gasteiger charge is 2.34. The summed E-state index contributed by atoms with van der Waals surface area (Å²) in [6, 6.07) is 6.12. The summed E-state index contributed by atoms with van der Waals surface area (Å²) in [5, 5.41) is 0. The molecule has 0 spiro atoms. The first kappa shape index (κ1) is 17.4. The molecular formula is C20H27N5O. The van der Waals surface area contributed by atoms with Crippen molar-refractivity contribution in [3.8, 4) is 0 Å². The van der Waals surface area contributed by atoms with E-state index in [1.54, 1.807) is 0 Å². The summed E-state index contributed by atoms with van der Waals surface area (Å²) >= 11 is 0. The van der Waals surface area contributed by atoms with Crippen LogP contribution >= 0.6 is 0 Å². The van der Waals surface area contributed by atoms with Crippen LogP contribution in [0.25, 0.3) is 0 Å². The maximum Gasteiger partial charge on any atom is 0.225 e. The molecule has 4 rings (SSSR count). The molecule has 2 saturated heterocycles. The van der Waals surface area contributed by atoms with Crippen LogP contribution in [0.1, 0.15) is 24.6 Å². The Morgan fingerprint density at radius 2 is 2.00 bits per heavy atom. The first-order valence-corrected chi connectivity index (χ1v) is 9.61. The molecule has 4 heterocycles. The van der Waals surface area contributed by atoms with Crippen molar-refractivity contribution in [3.63, 3.8) is 0 Å². The number of hydrogen-bond donors (Lipinski definition) is 0. The standard InChI is InChI=1S/C20H27N5O/c1-2-16-11-22-20(23-12-16)25-9-10-26-19-15-24(8-6-17(19)13-25)14-18-5-3-4-7-21-18/h3-5,7,11-12,17,19H,2,6,8-10,13-15H2,1H3/t17-,19-/m1/s1. The van der Waals surface area contributed by atoms with Gasteiger partial charge in [-0.05, 0) is 37.1 Å². The first-order chi connectivity index (χ1) is 12.8. The number of aromatic nitrogens is 3. The van der Waals surface area contributed by atoms with E-state index in [0.717, 1.165) is 63.8 Å². The van der Waals surface area contributed by atoms with Gasteiger partial charge in [0.1, 0.15) is 0 Å². The molecule has 2 aromatic rings. The number of rotatable bonds is 4. The third kappa shape index (κ3) is 4.02. The Balaban J connectivity index is 1.38. The van der Waals surface area contributed by atoms with Gasteiger partial charge in [-0.15, -0.1) is 0 Å². The zero-order valence-corrected chi connectivity index (χ0v) is 15.4. The van der Waals surface area contributed by atoms with Gasteiger partial charge in [0.15, 0.2) is 0 Å². The van der Waals surface area contributed by atoms with Crippen LogP contribution in [0.2, 0.25) is 0 Å². The van der Waals surface area contributed by atoms with E-state index in [-0.39, 0.29) is 6.10 Å². The number of piperidine rings is 1. The molecule has 2 atom stereocenters. The van der Waals surface area contributed by atoms with E-state index in [0.29, 0.717) is 5.92 Å². The first-order valence-electron chi connectivity index (χ1n) is 9.61. The number of aryl methyl sites for hydroxylation is 1. The van der Waals surface area contributed by atoms with Crippen molar-refractivity contribution in [3.05, 3.63) is 48.0 Å². The molecule has 6 nitrogen and oxygen atoms in total. The molecule has 0 N–H and O–H groups in total. The second-order valence-corrected chi connectivity index (χ2v) is 7.21. The van der Waals surface area contributed by atoms with Crippen molar-refractivity contribution >= 4 is 5.95 Å². The van der Waals surface area contributed by atoms with Crippen molar-refractivity contribution in [1.29, 1.82) is 0 Å². The maximum absolute atomic E-state index is 6.21. The van der Waals surface area contributed by atoms with Crippen LogP contribution in [0.15, 0.2) is 36.8 Å². The van der Waals surface area contributed by atoms with Gasteiger partial charge in [0.25, 0.3) is 0 Å². The molecule has 0 unspecified atom stereocenters. The molecular weight excluding hydrogens is 326 g/mol. The number of likely N-dealkylation sites (tertiary alicyclic amines) is 1. The zero-order chi connectivity index (χ0) is 17.8. The number of fused-ring (bicyclic) bond motifs is 1. The molecule has 0 amide bonds. The third-order valence-corrected chi connectivity index (χ3v) is 5.42. The molecule has 138 valence electrons. The number of anilines is 1. The summed E-state index contributed by atoms with van der Waals surface area (Å²) in [6.45, 7) is 7.67. The van der Waals surface area contributed by atoms with E-state index in [4.69, 9.17) is 4.74 Å². The van der Waals surface area contributed by atoms with E-state index >= 15 is 0 Å². The summed E-state index contributed by atoms with van der Waals surface area (Å²) in [5.74, 6) is 1.37. The predicted molar refractivity (Wildman–Crippen MR) is 101 cm³/mol. The smallest absolute Gasteiger partial charge is 0.225 e. The second-order valence-electron chi connectivity index (χ2n) is 7.21. The van der Waals surface area contributed by atoms with Gasteiger partial charge in [0, 0.05) is 50.7 Å². The summed E-state index contributed by atoms with van der Waals surface area (Å²) < 4.78 is 6.21. The highest BCUT2D eigenvalue weighted by molar-refractivity contribution is 5.30. The van der Waals surface area contributed by atoms with Gasteiger partial charge < -0.3 is 9.64 Å². The summed E-state index contributed by atoms with van der Waals surface area (Å²) in [6.07, 6.45) is 8.15. The van der Waals surface area contributed by atoms with E-state index in [1.165, 1.54) is 5.56 Å². The summed E-state index contributed by atoms with van der Waals surface area (Å²) in [5.41, 5.74) is 2.31. The number of pyridine rings is 1.